The van der Waals surface area contributed by atoms with Crippen LogP contribution in [0.25, 0.3) is 10.9 Å². The van der Waals surface area contributed by atoms with Crippen LogP contribution in [-0.4, -0.2) is 25.8 Å². The highest BCUT2D eigenvalue weighted by Gasteiger charge is 2.40. The highest BCUT2D eigenvalue weighted by atomic mass is 19.4. The van der Waals surface area contributed by atoms with E-state index in [1.54, 1.807) is 39.1 Å². The third-order valence-electron chi connectivity index (χ3n) is 7.09. The van der Waals surface area contributed by atoms with E-state index in [1.165, 1.54) is 18.3 Å². The molecule has 1 saturated carbocycles. The molecule has 1 fully saturated rings. The summed E-state index contributed by atoms with van der Waals surface area (Å²) in [5, 5.41) is 25.4. The Morgan fingerprint density at radius 1 is 1.11 bits per heavy atom. The fourth-order valence-corrected chi connectivity index (χ4v) is 4.90. The number of fused-ring (bicyclic) bond motifs is 1. The van der Waals surface area contributed by atoms with Crippen LogP contribution in [0.4, 0.5) is 23.2 Å². The third-order valence-corrected chi connectivity index (χ3v) is 7.09. The minimum Gasteiger partial charge on any atom is -0.390 e. The quantitative estimate of drug-likeness (QED) is 0.376. The van der Waals surface area contributed by atoms with Crippen LogP contribution in [0.2, 0.25) is 0 Å². The smallest absolute Gasteiger partial charge is 0.390 e. The molecule has 0 aliphatic heterocycles. The summed E-state index contributed by atoms with van der Waals surface area (Å²) in [5.41, 5.74) is -1.87. The maximum Gasteiger partial charge on any atom is 0.419 e. The summed E-state index contributed by atoms with van der Waals surface area (Å²) in [5.74, 6) is -1.23. The van der Waals surface area contributed by atoms with Gasteiger partial charge in [-0.1, -0.05) is 12.1 Å². The molecule has 0 spiro atoms. The molecule has 3 N–H and O–H groups in total. The Balaban J connectivity index is 1.64. The van der Waals surface area contributed by atoms with Crippen molar-refractivity contribution in [2.24, 2.45) is 5.92 Å². The zero-order valence-electron chi connectivity index (χ0n) is 19.8. The van der Waals surface area contributed by atoms with Gasteiger partial charge in [-0.2, -0.15) is 13.2 Å². The van der Waals surface area contributed by atoms with Crippen molar-refractivity contribution >= 4 is 16.6 Å². The predicted octanol–water partition coefficient (Wildman–Crippen LogP) is 6.11. The largest absolute Gasteiger partial charge is 0.419 e. The normalized spacial score (nSPS) is 22.3. The monoisotopic (exact) mass is 491 g/mol. The average molecular weight is 492 g/mol. The molecule has 0 saturated heterocycles. The molecule has 188 valence electrons. The van der Waals surface area contributed by atoms with Crippen LogP contribution >= 0.6 is 0 Å². The van der Waals surface area contributed by atoms with Crippen molar-refractivity contribution in [3.8, 4) is 0 Å². The number of rotatable bonds is 5. The van der Waals surface area contributed by atoms with E-state index < -0.39 is 34.8 Å². The van der Waals surface area contributed by atoms with Gasteiger partial charge in [-0.05, 0) is 70.6 Å². The van der Waals surface area contributed by atoms with Gasteiger partial charge in [0.1, 0.15) is 11.4 Å². The molecule has 5 nitrogen and oxygen atoms in total. The molecule has 1 aliphatic carbocycles. The number of nitrogens with zero attached hydrogens (tertiary/aromatic N) is 2. The van der Waals surface area contributed by atoms with Gasteiger partial charge in [-0.15, -0.1) is 0 Å². The summed E-state index contributed by atoms with van der Waals surface area (Å²) in [4.78, 5) is 8.73. The van der Waals surface area contributed by atoms with Gasteiger partial charge >= 0.3 is 6.18 Å². The first kappa shape index (κ1) is 25.3. The summed E-state index contributed by atoms with van der Waals surface area (Å²) in [6.07, 6.45) is 0.455. The molecular weight excluding hydrogens is 462 g/mol. The molecule has 3 aromatic rings. The Morgan fingerprint density at radius 2 is 1.80 bits per heavy atom. The molecule has 4 rings (SSSR count). The van der Waals surface area contributed by atoms with Crippen molar-refractivity contribution in [1.82, 2.24) is 9.97 Å². The van der Waals surface area contributed by atoms with Crippen molar-refractivity contribution in [2.45, 2.75) is 69.9 Å². The van der Waals surface area contributed by atoms with Crippen LogP contribution < -0.4 is 5.32 Å². The summed E-state index contributed by atoms with van der Waals surface area (Å²) >= 11 is 0. The zero-order valence-corrected chi connectivity index (χ0v) is 19.8. The molecular formula is C26H29F4N3O2. The lowest BCUT2D eigenvalue weighted by Crippen LogP contribution is -2.39. The summed E-state index contributed by atoms with van der Waals surface area (Å²) < 4.78 is 54.2. The zero-order chi connectivity index (χ0) is 25.6. The molecule has 0 bridgehead atoms. The van der Waals surface area contributed by atoms with Gasteiger partial charge in [-0.25, -0.2) is 4.39 Å². The van der Waals surface area contributed by atoms with E-state index >= 15 is 0 Å². The summed E-state index contributed by atoms with van der Waals surface area (Å²) in [6.45, 7) is 5.13. The van der Waals surface area contributed by atoms with Crippen molar-refractivity contribution in [2.75, 3.05) is 5.32 Å². The van der Waals surface area contributed by atoms with E-state index in [-0.39, 0.29) is 11.5 Å². The Labute approximate surface area is 201 Å². The standard InChI is InChI=1S/C26H29F4N3O2/c1-15(17-5-4-6-19(23(17)27)26(28,29)30)33-20-9-12-31-21-14-32-22(13-18(20)21)25(35)10-7-16(8-11-25)24(2,3)34/h4-6,9,12-16,34-35H,7-8,10-11H2,1-3H3,(H,31,33)/t15-,16?,25?/m1/s1. The Kier molecular flexibility index (Phi) is 6.53. The molecule has 0 radical (unpaired) electrons. The first-order valence-electron chi connectivity index (χ1n) is 11.6. The Hall–Kier alpha value is -2.78. The van der Waals surface area contributed by atoms with Crippen molar-refractivity contribution in [3.63, 3.8) is 0 Å². The van der Waals surface area contributed by atoms with Gasteiger partial charge in [-0.3, -0.25) is 9.97 Å². The number of aromatic nitrogens is 2. The molecule has 9 heteroatoms. The molecule has 1 aliphatic rings. The number of pyridine rings is 2. The van der Waals surface area contributed by atoms with E-state index in [2.05, 4.69) is 15.3 Å². The van der Waals surface area contributed by atoms with Crippen LogP contribution in [-0.2, 0) is 11.8 Å². The van der Waals surface area contributed by atoms with Crippen LogP contribution in [0.3, 0.4) is 0 Å². The minimum atomic E-state index is -4.79. The number of benzene rings is 1. The second-order valence-corrected chi connectivity index (χ2v) is 9.98. The minimum absolute atomic E-state index is 0.0744. The first-order valence-corrected chi connectivity index (χ1v) is 11.6. The SMILES string of the molecule is C[C@@H](Nc1ccnc2cnc(C3(O)CCC(C(C)(C)O)CC3)cc12)c1cccc(C(F)(F)F)c1F. The average Bonchev–Trinajstić information content (AvgIpc) is 2.78. The van der Waals surface area contributed by atoms with E-state index in [9.17, 15) is 27.8 Å². The lowest BCUT2D eigenvalue weighted by atomic mass is 9.71. The van der Waals surface area contributed by atoms with E-state index in [0.717, 1.165) is 6.07 Å². The maximum absolute atomic E-state index is 14.7. The van der Waals surface area contributed by atoms with E-state index in [0.29, 0.717) is 48.0 Å². The second kappa shape index (κ2) is 9.02. The van der Waals surface area contributed by atoms with Gasteiger partial charge in [0.15, 0.2) is 0 Å². The highest BCUT2D eigenvalue weighted by Crippen LogP contribution is 2.43. The number of aliphatic hydroxyl groups is 2. The summed E-state index contributed by atoms with van der Waals surface area (Å²) in [7, 11) is 0. The summed E-state index contributed by atoms with van der Waals surface area (Å²) in [6, 6.07) is 5.84. The van der Waals surface area contributed by atoms with Gasteiger partial charge in [0.2, 0.25) is 0 Å². The fourth-order valence-electron chi connectivity index (χ4n) is 4.90. The predicted molar refractivity (Wildman–Crippen MR) is 125 cm³/mol. The molecule has 2 heterocycles. The molecule has 2 aromatic heterocycles. The highest BCUT2D eigenvalue weighted by molar-refractivity contribution is 5.91. The topological polar surface area (TPSA) is 78.3 Å². The fraction of sp³-hybridized carbons (Fsp3) is 0.462. The third kappa shape index (κ3) is 5.11. The number of nitrogens with one attached hydrogen (secondary N) is 1. The van der Waals surface area contributed by atoms with Gasteiger partial charge in [0.25, 0.3) is 0 Å². The van der Waals surface area contributed by atoms with Gasteiger partial charge < -0.3 is 15.5 Å². The van der Waals surface area contributed by atoms with Crippen molar-refractivity contribution in [1.29, 1.82) is 0 Å². The molecule has 1 atom stereocenters. The van der Waals surface area contributed by atoms with E-state index in [1.807, 2.05) is 0 Å². The molecule has 1 aromatic carbocycles. The van der Waals surface area contributed by atoms with Gasteiger partial charge in [0.05, 0.1) is 34.6 Å². The number of hydrogen-bond acceptors (Lipinski definition) is 5. The van der Waals surface area contributed by atoms with E-state index in [4.69, 9.17) is 0 Å². The maximum atomic E-state index is 14.7. The molecule has 0 amide bonds. The lowest BCUT2D eigenvalue weighted by molar-refractivity contribution is -0.140. The van der Waals surface area contributed by atoms with Crippen LogP contribution in [0.15, 0.2) is 42.7 Å². The van der Waals surface area contributed by atoms with Crippen molar-refractivity contribution < 1.29 is 27.8 Å². The Bertz CT molecular complexity index is 1220. The lowest BCUT2D eigenvalue weighted by Gasteiger charge is -2.40. The molecule has 35 heavy (non-hydrogen) atoms. The number of alkyl halides is 3. The van der Waals surface area contributed by atoms with Gasteiger partial charge in [0, 0.05) is 22.8 Å². The second-order valence-electron chi connectivity index (χ2n) is 9.98. The molecule has 0 unspecified atom stereocenters. The Morgan fingerprint density at radius 3 is 2.43 bits per heavy atom. The van der Waals surface area contributed by atoms with Crippen molar-refractivity contribution in [3.05, 3.63) is 65.4 Å². The van der Waals surface area contributed by atoms with Crippen LogP contribution in [0, 0.1) is 11.7 Å². The number of hydrogen-bond donors (Lipinski definition) is 3. The number of anilines is 1. The van der Waals surface area contributed by atoms with Crippen LogP contribution in [0.5, 0.6) is 0 Å². The first-order chi connectivity index (χ1) is 16.3. The number of halogens is 4. The van der Waals surface area contributed by atoms with Crippen LogP contribution in [0.1, 0.15) is 69.3 Å².